The Morgan fingerprint density at radius 3 is 2.39 bits per heavy atom. The third-order valence-corrected chi connectivity index (χ3v) is 7.39. The number of amides is 1. The van der Waals surface area contributed by atoms with Crippen molar-refractivity contribution < 1.29 is 19.4 Å². The number of nitrogens with one attached hydrogen (secondary N) is 1. The summed E-state index contributed by atoms with van der Waals surface area (Å²) >= 11 is 3.27. The normalized spacial score (nSPS) is 13.6. The summed E-state index contributed by atoms with van der Waals surface area (Å²) in [4.78, 5) is 16.8. The molecule has 0 aliphatic heterocycles. The molecule has 5 N–H and O–H groups in total. The second-order valence-electron chi connectivity index (χ2n) is 7.94. The molecule has 2 aromatic heterocycles. The van der Waals surface area contributed by atoms with E-state index in [4.69, 9.17) is 5.73 Å². The number of hydrogen-bond acceptors (Lipinski definition) is 6. The number of anilines is 2. The SMILES string of the molecule is CC(C)(O)c1ccc(-c2cc(C(N)=O)c(Nc3ccc(C(C)(O)CI)cn3)s2)c(F)c1. The Morgan fingerprint density at radius 1 is 1.19 bits per heavy atom. The standard InChI is InChI=1S/C22H23FIN3O3S/c1-21(2,29)12-4-6-14(16(23)8-12)17-9-15(19(25)28)20(31-17)27-18-7-5-13(10-26-18)22(3,30)11-24/h4-10,29-30H,11H2,1-3H3,(H2,25,28)(H,26,27). The van der Waals surface area contributed by atoms with Crippen LogP contribution in [-0.2, 0) is 11.2 Å². The van der Waals surface area contributed by atoms with E-state index in [2.05, 4.69) is 32.9 Å². The molecule has 9 heteroatoms. The average molecular weight is 555 g/mol. The van der Waals surface area contributed by atoms with E-state index in [1.807, 2.05) is 0 Å². The molecule has 3 aromatic rings. The molecule has 0 bridgehead atoms. The lowest BCUT2D eigenvalue weighted by Gasteiger charge is -2.20. The van der Waals surface area contributed by atoms with Crippen molar-refractivity contribution in [1.29, 1.82) is 0 Å². The van der Waals surface area contributed by atoms with Crippen LogP contribution in [-0.4, -0.2) is 25.5 Å². The zero-order chi connectivity index (χ0) is 23.0. The lowest BCUT2D eigenvalue weighted by molar-refractivity contribution is 0.0782. The number of benzene rings is 1. The minimum atomic E-state index is -1.17. The number of carbonyl (C=O) groups excluding carboxylic acids is 1. The van der Waals surface area contributed by atoms with Crippen molar-refractivity contribution in [3.8, 4) is 10.4 Å². The van der Waals surface area contributed by atoms with Crippen molar-refractivity contribution >= 4 is 50.7 Å². The van der Waals surface area contributed by atoms with Gasteiger partial charge >= 0.3 is 0 Å². The molecule has 2 heterocycles. The van der Waals surface area contributed by atoms with Crippen LogP contribution >= 0.6 is 33.9 Å². The number of aliphatic hydroxyl groups is 2. The number of aromatic nitrogens is 1. The van der Waals surface area contributed by atoms with E-state index < -0.39 is 22.9 Å². The van der Waals surface area contributed by atoms with E-state index in [1.165, 1.54) is 23.5 Å². The summed E-state index contributed by atoms with van der Waals surface area (Å²) in [6.07, 6.45) is 1.56. The molecule has 0 aliphatic carbocycles. The quantitative estimate of drug-likeness (QED) is 0.251. The fourth-order valence-corrected chi connectivity index (χ4v) is 4.41. The molecule has 6 nitrogen and oxygen atoms in total. The number of alkyl halides is 1. The zero-order valence-corrected chi connectivity index (χ0v) is 20.2. The molecule has 0 radical (unpaired) electrons. The van der Waals surface area contributed by atoms with Gasteiger partial charge in [-0.25, -0.2) is 9.37 Å². The first-order valence-electron chi connectivity index (χ1n) is 9.40. The van der Waals surface area contributed by atoms with Gasteiger partial charge in [0, 0.05) is 26.6 Å². The first kappa shape index (κ1) is 23.6. The van der Waals surface area contributed by atoms with E-state index in [0.29, 0.717) is 36.8 Å². The van der Waals surface area contributed by atoms with Gasteiger partial charge in [-0.1, -0.05) is 40.8 Å². The van der Waals surface area contributed by atoms with Crippen molar-refractivity contribution in [3.63, 3.8) is 0 Å². The van der Waals surface area contributed by atoms with Crippen LogP contribution in [0, 0.1) is 5.82 Å². The number of thiophene rings is 1. The third-order valence-electron chi connectivity index (χ3n) is 4.83. The van der Waals surface area contributed by atoms with Gasteiger partial charge in [-0.05, 0) is 44.5 Å². The smallest absolute Gasteiger partial charge is 0.251 e. The van der Waals surface area contributed by atoms with Crippen LogP contribution < -0.4 is 11.1 Å². The second kappa shape index (κ2) is 8.81. The molecule has 0 fully saturated rings. The number of primary amides is 1. The van der Waals surface area contributed by atoms with Crippen LogP contribution in [0.1, 0.15) is 42.3 Å². The predicted octanol–water partition coefficient (Wildman–Crippen LogP) is 4.66. The van der Waals surface area contributed by atoms with E-state index in [9.17, 15) is 19.4 Å². The predicted molar refractivity (Wildman–Crippen MR) is 129 cm³/mol. The maximum Gasteiger partial charge on any atom is 0.251 e. The van der Waals surface area contributed by atoms with Crippen LogP contribution in [0.15, 0.2) is 42.6 Å². The number of nitrogens with two attached hydrogens (primary N) is 1. The topological polar surface area (TPSA) is 108 Å². The van der Waals surface area contributed by atoms with Gasteiger partial charge in [-0.2, -0.15) is 0 Å². The van der Waals surface area contributed by atoms with Crippen LogP contribution in [0.5, 0.6) is 0 Å². The van der Waals surface area contributed by atoms with Crippen LogP contribution in [0.2, 0.25) is 0 Å². The molecule has 3 rings (SSSR count). The Morgan fingerprint density at radius 2 is 1.87 bits per heavy atom. The highest BCUT2D eigenvalue weighted by Gasteiger charge is 2.23. The fraction of sp³-hybridized carbons (Fsp3) is 0.273. The maximum atomic E-state index is 14.7. The van der Waals surface area contributed by atoms with Crippen molar-refractivity contribution in [2.24, 2.45) is 5.73 Å². The highest BCUT2D eigenvalue weighted by molar-refractivity contribution is 14.1. The van der Waals surface area contributed by atoms with Gasteiger partial charge < -0.3 is 21.3 Å². The molecule has 1 aromatic carbocycles. The molecular weight excluding hydrogens is 532 g/mol. The minimum absolute atomic E-state index is 0.219. The van der Waals surface area contributed by atoms with Gasteiger partial charge in [0.15, 0.2) is 0 Å². The Labute approximate surface area is 197 Å². The summed E-state index contributed by atoms with van der Waals surface area (Å²) in [5.41, 5.74) is 5.00. The van der Waals surface area contributed by atoms with Gasteiger partial charge in [0.25, 0.3) is 5.91 Å². The van der Waals surface area contributed by atoms with E-state index >= 15 is 0 Å². The number of pyridine rings is 1. The molecule has 1 amide bonds. The molecule has 0 aliphatic rings. The fourth-order valence-electron chi connectivity index (χ4n) is 2.87. The van der Waals surface area contributed by atoms with Crippen molar-refractivity contribution in [2.75, 3.05) is 9.74 Å². The molecule has 164 valence electrons. The summed E-state index contributed by atoms with van der Waals surface area (Å²) in [5.74, 6) is -0.698. The molecular formula is C22H23FIN3O3S. The van der Waals surface area contributed by atoms with E-state index in [1.54, 1.807) is 51.2 Å². The highest BCUT2D eigenvalue weighted by Crippen LogP contribution is 2.38. The summed E-state index contributed by atoms with van der Waals surface area (Å²) < 4.78 is 15.3. The van der Waals surface area contributed by atoms with Gasteiger partial charge in [0.2, 0.25) is 0 Å². The lowest BCUT2D eigenvalue weighted by atomic mass is 9.96. The Bertz CT molecular complexity index is 1110. The number of nitrogens with zero attached hydrogens (tertiary/aromatic N) is 1. The average Bonchev–Trinajstić information content (AvgIpc) is 3.11. The molecule has 1 unspecified atom stereocenters. The zero-order valence-electron chi connectivity index (χ0n) is 17.2. The summed E-state index contributed by atoms with van der Waals surface area (Å²) in [7, 11) is 0. The first-order chi connectivity index (χ1) is 14.4. The van der Waals surface area contributed by atoms with E-state index in [-0.39, 0.29) is 5.56 Å². The molecule has 1 atom stereocenters. The van der Waals surface area contributed by atoms with Gasteiger partial charge in [-0.15, -0.1) is 11.3 Å². The number of hydrogen-bond donors (Lipinski definition) is 4. The first-order valence-corrected chi connectivity index (χ1v) is 11.7. The van der Waals surface area contributed by atoms with Gasteiger partial charge in [0.05, 0.1) is 16.8 Å². The van der Waals surface area contributed by atoms with Crippen LogP contribution in [0.25, 0.3) is 10.4 Å². The van der Waals surface area contributed by atoms with Gasteiger partial charge in [0.1, 0.15) is 16.6 Å². The Hall–Kier alpha value is -2.08. The highest BCUT2D eigenvalue weighted by atomic mass is 127. The molecule has 0 spiro atoms. The van der Waals surface area contributed by atoms with Crippen molar-refractivity contribution in [2.45, 2.75) is 32.0 Å². The molecule has 0 saturated heterocycles. The number of carbonyl (C=O) groups is 1. The monoisotopic (exact) mass is 555 g/mol. The summed E-state index contributed by atoms with van der Waals surface area (Å²) in [5, 5.41) is 23.9. The molecule has 31 heavy (non-hydrogen) atoms. The largest absolute Gasteiger partial charge is 0.386 e. The van der Waals surface area contributed by atoms with Gasteiger partial charge in [-0.3, -0.25) is 4.79 Å². The number of rotatable bonds is 7. The Kier molecular flexibility index (Phi) is 6.70. The summed E-state index contributed by atoms with van der Waals surface area (Å²) in [6, 6.07) is 9.48. The van der Waals surface area contributed by atoms with E-state index in [0.717, 1.165) is 0 Å². The lowest BCUT2D eigenvalue weighted by Crippen LogP contribution is -2.22. The number of halogens is 2. The maximum absolute atomic E-state index is 14.7. The minimum Gasteiger partial charge on any atom is -0.386 e. The third kappa shape index (κ3) is 5.22. The summed E-state index contributed by atoms with van der Waals surface area (Å²) in [6.45, 7) is 4.87. The Balaban J connectivity index is 1.94. The van der Waals surface area contributed by atoms with Crippen LogP contribution in [0.3, 0.4) is 0 Å². The van der Waals surface area contributed by atoms with Crippen LogP contribution in [0.4, 0.5) is 15.2 Å². The van der Waals surface area contributed by atoms with Crippen molar-refractivity contribution in [1.82, 2.24) is 4.98 Å². The van der Waals surface area contributed by atoms with Crippen molar-refractivity contribution in [3.05, 3.63) is 65.1 Å². The second-order valence-corrected chi connectivity index (χ2v) is 9.75. The molecule has 0 saturated carbocycles.